The second kappa shape index (κ2) is 12.2. The Kier molecular flexibility index (Phi) is 8.22. The van der Waals surface area contributed by atoms with Gasteiger partial charge in [0, 0.05) is 36.2 Å². The molecule has 4 aromatic rings. The fraction of sp³-hybridized carbons (Fsp3) is 0.387. The van der Waals surface area contributed by atoms with Crippen molar-refractivity contribution in [2.45, 2.75) is 44.4 Å². The molecule has 2 fully saturated rings. The molecule has 226 valence electrons. The quantitative estimate of drug-likeness (QED) is 0.257. The van der Waals surface area contributed by atoms with E-state index in [-0.39, 0.29) is 41.1 Å². The van der Waals surface area contributed by atoms with Crippen LogP contribution in [0.5, 0.6) is 11.6 Å². The Bertz CT molecular complexity index is 1630. The van der Waals surface area contributed by atoms with Crippen LogP contribution in [0.25, 0.3) is 11.0 Å². The zero-order valence-corrected chi connectivity index (χ0v) is 23.5. The molecule has 2 aromatic carbocycles. The first-order valence-electron chi connectivity index (χ1n) is 14.1. The number of alkyl halides is 2. The number of aromatic carboxylic acids is 1. The van der Waals surface area contributed by atoms with Crippen molar-refractivity contribution >= 4 is 17.0 Å². The third-order valence-electron chi connectivity index (χ3n) is 8.19. The van der Waals surface area contributed by atoms with Crippen LogP contribution < -0.4 is 9.47 Å². The van der Waals surface area contributed by atoms with Crippen LogP contribution in [-0.4, -0.2) is 63.4 Å². The van der Waals surface area contributed by atoms with Gasteiger partial charge in [0.05, 0.1) is 30.8 Å². The number of benzene rings is 2. The van der Waals surface area contributed by atoms with Crippen molar-refractivity contribution in [2.24, 2.45) is 7.05 Å². The number of piperidine rings is 1. The van der Waals surface area contributed by atoms with Crippen molar-refractivity contribution in [3.63, 3.8) is 0 Å². The van der Waals surface area contributed by atoms with E-state index in [9.17, 15) is 23.1 Å². The number of aromatic nitrogens is 3. The maximum absolute atomic E-state index is 14.6. The normalized spacial score (nSPS) is 16.5. The van der Waals surface area contributed by atoms with E-state index in [1.165, 1.54) is 6.07 Å². The molecule has 2 aliphatic rings. The molecule has 6 rings (SSSR count). The number of hydrogen-bond acceptors (Lipinski definition) is 7. The van der Waals surface area contributed by atoms with Crippen LogP contribution in [0.15, 0.2) is 48.5 Å². The Labute approximate surface area is 245 Å². The summed E-state index contributed by atoms with van der Waals surface area (Å²) in [5.74, 6) is -0.274. The molecule has 0 aliphatic carbocycles. The Morgan fingerprint density at radius 3 is 2.56 bits per heavy atom. The highest BCUT2D eigenvalue weighted by molar-refractivity contribution is 5.95. The molecule has 0 spiro atoms. The van der Waals surface area contributed by atoms with Crippen molar-refractivity contribution in [1.82, 2.24) is 19.4 Å². The van der Waals surface area contributed by atoms with Crippen LogP contribution in [0.2, 0.25) is 0 Å². The van der Waals surface area contributed by atoms with Crippen molar-refractivity contribution < 1.29 is 37.3 Å². The van der Waals surface area contributed by atoms with E-state index in [0.29, 0.717) is 42.5 Å². The second-order valence-electron chi connectivity index (χ2n) is 10.9. The fourth-order valence-corrected chi connectivity index (χ4v) is 5.59. The average molecular weight is 597 g/mol. The van der Waals surface area contributed by atoms with E-state index in [2.05, 4.69) is 14.6 Å². The smallest absolute Gasteiger partial charge is 0.387 e. The molecule has 0 amide bonds. The number of aryl methyl sites for hydroxylation is 1. The summed E-state index contributed by atoms with van der Waals surface area (Å²) >= 11 is 0. The monoisotopic (exact) mass is 596 g/mol. The number of nitrogens with zero attached hydrogens (tertiary/aromatic N) is 4. The largest absolute Gasteiger partial charge is 0.478 e. The van der Waals surface area contributed by atoms with Gasteiger partial charge in [-0.1, -0.05) is 18.2 Å². The van der Waals surface area contributed by atoms with Gasteiger partial charge in [0.2, 0.25) is 5.88 Å². The molecular formula is C31H31F3N4O5. The highest BCUT2D eigenvalue weighted by Crippen LogP contribution is 2.32. The Hall–Kier alpha value is -4.16. The predicted octanol–water partition coefficient (Wildman–Crippen LogP) is 5.48. The number of likely N-dealkylation sites (tertiary alicyclic amines) is 1. The van der Waals surface area contributed by atoms with Gasteiger partial charge in [-0.3, -0.25) is 4.90 Å². The SMILES string of the molecule is Cn1c(CN2CCC(c3cccc(OCc4ccc(C5COC5)cc4F)n3)CC2)nc2c(OC(F)F)cc(C(=O)O)cc21. The molecular weight excluding hydrogens is 565 g/mol. The topological polar surface area (TPSA) is 98.9 Å². The van der Waals surface area contributed by atoms with E-state index in [4.69, 9.17) is 14.5 Å². The number of carboxylic acid groups (broad SMARTS) is 1. The van der Waals surface area contributed by atoms with E-state index in [0.717, 1.165) is 43.3 Å². The molecule has 43 heavy (non-hydrogen) atoms. The van der Waals surface area contributed by atoms with Crippen LogP contribution in [0.4, 0.5) is 13.2 Å². The Morgan fingerprint density at radius 2 is 1.88 bits per heavy atom. The summed E-state index contributed by atoms with van der Waals surface area (Å²) in [4.78, 5) is 23.0. The number of fused-ring (bicyclic) bond motifs is 1. The van der Waals surface area contributed by atoms with Crippen molar-refractivity contribution in [3.8, 4) is 11.6 Å². The molecule has 0 saturated carbocycles. The maximum Gasteiger partial charge on any atom is 0.387 e. The number of rotatable bonds is 10. The Balaban J connectivity index is 1.08. The first kappa shape index (κ1) is 28.9. The van der Waals surface area contributed by atoms with Gasteiger partial charge in [-0.15, -0.1) is 0 Å². The fourth-order valence-electron chi connectivity index (χ4n) is 5.59. The van der Waals surface area contributed by atoms with Gasteiger partial charge >= 0.3 is 12.6 Å². The summed E-state index contributed by atoms with van der Waals surface area (Å²) < 4.78 is 58.0. The lowest BCUT2D eigenvalue weighted by Crippen LogP contribution is -2.33. The predicted molar refractivity (Wildman–Crippen MR) is 150 cm³/mol. The molecule has 2 aromatic heterocycles. The molecule has 0 radical (unpaired) electrons. The summed E-state index contributed by atoms with van der Waals surface area (Å²) in [6, 6.07) is 13.3. The molecule has 12 heteroatoms. The van der Waals surface area contributed by atoms with Crippen LogP contribution in [0, 0.1) is 5.82 Å². The molecule has 9 nitrogen and oxygen atoms in total. The van der Waals surface area contributed by atoms with E-state index >= 15 is 0 Å². The third kappa shape index (κ3) is 6.30. The average Bonchev–Trinajstić information content (AvgIpc) is 3.27. The molecule has 2 aliphatic heterocycles. The molecule has 2 saturated heterocycles. The van der Waals surface area contributed by atoms with Crippen LogP contribution >= 0.6 is 0 Å². The molecule has 1 N–H and O–H groups in total. The summed E-state index contributed by atoms with van der Waals surface area (Å²) in [6.45, 7) is 0.201. The first-order chi connectivity index (χ1) is 20.7. The Morgan fingerprint density at radius 1 is 1.09 bits per heavy atom. The van der Waals surface area contributed by atoms with Gasteiger partial charge in [-0.2, -0.15) is 8.78 Å². The number of halogens is 3. The molecule has 0 unspecified atom stereocenters. The summed E-state index contributed by atoms with van der Waals surface area (Å²) in [7, 11) is 1.73. The zero-order chi connectivity index (χ0) is 30.1. The standard InChI is InChI=1S/C31H31F3N4O5/c1-37-25-12-21(30(39)40)13-26(43-31(33)34)29(25)36-27(37)14-38-9-7-18(8-10-38)24-3-2-4-28(35-24)42-17-20-6-5-19(11-23(20)32)22-15-41-16-22/h2-6,11-13,18,22,31H,7-10,14-17H2,1H3,(H,39,40). The highest BCUT2D eigenvalue weighted by atomic mass is 19.3. The van der Waals surface area contributed by atoms with E-state index < -0.39 is 12.6 Å². The van der Waals surface area contributed by atoms with Crippen LogP contribution in [0.3, 0.4) is 0 Å². The van der Waals surface area contributed by atoms with Gasteiger partial charge in [0.25, 0.3) is 0 Å². The number of ether oxygens (including phenoxy) is 3. The zero-order valence-electron chi connectivity index (χ0n) is 23.5. The minimum absolute atomic E-state index is 0.0816. The second-order valence-corrected chi connectivity index (χ2v) is 10.9. The van der Waals surface area contributed by atoms with Gasteiger partial charge in [-0.25, -0.2) is 19.2 Å². The van der Waals surface area contributed by atoms with Crippen LogP contribution in [0.1, 0.15) is 57.7 Å². The number of imidazole rings is 1. The lowest BCUT2D eigenvalue weighted by molar-refractivity contribution is -0.0489. The van der Waals surface area contributed by atoms with Gasteiger partial charge < -0.3 is 23.9 Å². The van der Waals surface area contributed by atoms with Crippen LogP contribution in [-0.2, 0) is 24.9 Å². The maximum atomic E-state index is 14.6. The minimum Gasteiger partial charge on any atom is -0.478 e. The minimum atomic E-state index is -3.10. The number of hydrogen-bond donors (Lipinski definition) is 1. The van der Waals surface area contributed by atoms with E-state index in [1.54, 1.807) is 29.8 Å². The van der Waals surface area contributed by atoms with Crippen molar-refractivity contribution in [1.29, 1.82) is 0 Å². The van der Waals surface area contributed by atoms with E-state index in [1.807, 2.05) is 18.2 Å². The summed E-state index contributed by atoms with van der Waals surface area (Å²) in [6.07, 6.45) is 1.68. The molecule has 0 bridgehead atoms. The third-order valence-corrected chi connectivity index (χ3v) is 8.19. The number of carboxylic acids is 1. The van der Waals surface area contributed by atoms with Crippen molar-refractivity contribution in [3.05, 3.63) is 82.6 Å². The summed E-state index contributed by atoms with van der Waals surface area (Å²) in [5, 5.41) is 9.41. The summed E-state index contributed by atoms with van der Waals surface area (Å²) in [5.41, 5.74) is 2.77. The number of pyridine rings is 1. The van der Waals surface area contributed by atoms with Gasteiger partial charge in [0.1, 0.15) is 23.8 Å². The molecule has 4 heterocycles. The lowest BCUT2D eigenvalue weighted by Gasteiger charge is -2.31. The first-order valence-corrected chi connectivity index (χ1v) is 14.1. The highest BCUT2D eigenvalue weighted by Gasteiger charge is 2.25. The molecule has 0 atom stereocenters. The van der Waals surface area contributed by atoms with Crippen molar-refractivity contribution in [2.75, 3.05) is 26.3 Å². The number of carbonyl (C=O) groups is 1. The van der Waals surface area contributed by atoms with Gasteiger partial charge in [0.15, 0.2) is 5.75 Å². The lowest BCUT2D eigenvalue weighted by atomic mass is 9.93. The van der Waals surface area contributed by atoms with Gasteiger partial charge in [-0.05, 0) is 55.8 Å².